The maximum atomic E-state index is 13.3. The molecule has 0 bridgehead atoms. The first kappa shape index (κ1) is 26.2. The fraction of sp³-hybridized carbons (Fsp3) is 0.200. The van der Waals surface area contributed by atoms with Crippen molar-refractivity contribution in [3.63, 3.8) is 0 Å². The van der Waals surface area contributed by atoms with E-state index < -0.39 is 22.5 Å². The Morgan fingerprint density at radius 2 is 1.71 bits per heavy atom. The Hall–Kier alpha value is -3.40. The van der Waals surface area contributed by atoms with Crippen molar-refractivity contribution in [3.8, 4) is 11.5 Å². The lowest BCUT2D eigenvalue weighted by Crippen LogP contribution is -2.39. The highest BCUT2D eigenvalue weighted by atomic mass is 35.5. The molecule has 0 heterocycles. The molecule has 1 N–H and O–H groups in total. The van der Waals surface area contributed by atoms with E-state index >= 15 is 0 Å². The molecule has 0 unspecified atom stereocenters. The van der Waals surface area contributed by atoms with Gasteiger partial charge in [0.15, 0.2) is 0 Å². The number of nitrogens with one attached hydrogen (secondary N) is 1. The van der Waals surface area contributed by atoms with Crippen molar-refractivity contribution in [1.82, 2.24) is 9.73 Å². The molecule has 0 aliphatic carbocycles. The third-order valence-corrected chi connectivity index (χ3v) is 7.14. The standard InChI is InChI=1S/C25H26ClN3O5S/c1-18-4-6-19(7-5-18)16-29(35(31,32)23-12-9-21(26)10-13-23)17-25(30)28-27-15-20-8-11-22(33-2)14-24(20)34-3/h4-15H,16-17H2,1-3H3,(H,28,30)/b27-15-. The van der Waals surface area contributed by atoms with Crippen molar-refractivity contribution in [2.24, 2.45) is 5.10 Å². The Bertz CT molecular complexity index is 1290. The van der Waals surface area contributed by atoms with Gasteiger partial charge in [0, 0.05) is 23.2 Å². The van der Waals surface area contributed by atoms with Gasteiger partial charge in [0.2, 0.25) is 10.0 Å². The van der Waals surface area contributed by atoms with E-state index in [9.17, 15) is 13.2 Å². The van der Waals surface area contributed by atoms with Gasteiger partial charge in [-0.25, -0.2) is 13.8 Å². The van der Waals surface area contributed by atoms with Crippen molar-refractivity contribution >= 4 is 33.7 Å². The highest BCUT2D eigenvalue weighted by molar-refractivity contribution is 7.89. The Kier molecular flexibility index (Phi) is 8.86. The average molecular weight is 516 g/mol. The van der Waals surface area contributed by atoms with Crippen molar-refractivity contribution in [2.75, 3.05) is 20.8 Å². The number of halogens is 1. The molecule has 184 valence electrons. The molecule has 8 nitrogen and oxygen atoms in total. The van der Waals surface area contributed by atoms with Gasteiger partial charge >= 0.3 is 0 Å². The molecule has 0 fully saturated rings. The van der Waals surface area contributed by atoms with Crippen LogP contribution in [0.3, 0.4) is 0 Å². The van der Waals surface area contributed by atoms with Gasteiger partial charge in [0.1, 0.15) is 11.5 Å². The fourth-order valence-electron chi connectivity index (χ4n) is 3.17. The number of carbonyl (C=O) groups is 1. The zero-order chi connectivity index (χ0) is 25.4. The molecule has 0 spiro atoms. The third-order valence-electron chi connectivity index (χ3n) is 5.08. The predicted molar refractivity (Wildman–Crippen MR) is 136 cm³/mol. The summed E-state index contributed by atoms with van der Waals surface area (Å²) >= 11 is 5.91. The summed E-state index contributed by atoms with van der Waals surface area (Å²) in [6.45, 7) is 1.51. The van der Waals surface area contributed by atoms with E-state index in [1.807, 2.05) is 31.2 Å². The van der Waals surface area contributed by atoms with Crippen LogP contribution in [0, 0.1) is 6.92 Å². The van der Waals surface area contributed by atoms with Crippen molar-refractivity contribution in [3.05, 3.63) is 88.4 Å². The molecule has 0 aromatic heterocycles. The number of hydrazone groups is 1. The summed E-state index contributed by atoms with van der Waals surface area (Å²) in [5.74, 6) is 0.522. The lowest BCUT2D eigenvalue weighted by Gasteiger charge is -2.21. The monoisotopic (exact) mass is 515 g/mol. The van der Waals surface area contributed by atoms with Gasteiger partial charge in [-0.05, 0) is 48.9 Å². The largest absolute Gasteiger partial charge is 0.497 e. The van der Waals surface area contributed by atoms with Crippen LogP contribution < -0.4 is 14.9 Å². The molecule has 0 aliphatic heterocycles. The molecule has 0 aliphatic rings. The molecule has 3 aromatic carbocycles. The number of sulfonamides is 1. The minimum atomic E-state index is -3.99. The van der Waals surface area contributed by atoms with E-state index in [0.717, 1.165) is 15.4 Å². The van der Waals surface area contributed by atoms with Crippen molar-refractivity contribution in [1.29, 1.82) is 0 Å². The fourth-order valence-corrected chi connectivity index (χ4v) is 4.68. The van der Waals surface area contributed by atoms with Crippen LogP contribution in [0.4, 0.5) is 0 Å². The lowest BCUT2D eigenvalue weighted by atomic mass is 10.1. The Morgan fingerprint density at radius 1 is 1.03 bits per heavy atom. The van der Waals surface area contributed by atoms with Gasteiger partial charge in [-0.2, -0.15) is 9.41 Å². The number of rotatable bonds is 10. The molecule has 1 amide bonds. The second-order valence-electron chi connectivity index (χ2n) is 7.61. The molecule has 0 atom stereocenters. The maximum Gasteiger partial charge on any atom is 0.255 e. The number of amides is 1. The molecular formula is C25H26ClN3O5S. The van der Waals surface area contributed by atoms with Crippen molar-refractivity contribution < 1.29 is 22.7 Å². The Labute approximate surface area is 210 Å². The number of benzene rings is 3. The number of hydrogen-bond acceptors (Lipinski definition) is 6. The summed E-state index contributed by atoms with van der Waals surface area (Å²) < 4.78 is 38.2. The van der Waals surface area contributed by atoms with Crippen LogP contribution in [-0.2, 0) is 21.4 Å². The van der Waals surface area contributed by atoms with E-state index in [1.165, 1.54) is 37.6 Å². The molecule has 0 saturated carbocycles. The first-order chi connectivity index (χ1) is 16.7. The van der Waals surface area contributed by atoms with Crippen LogP contribution in [0.15, 0.2) is 76.7 Å². The summed E-state index contributed by atoms with van der Waals surface area (Å²) in [6, 6.07) is 18.4. The Morgan fingerprint density at radius 3 is 2.34 bits per heavy atom. The lowest BCUT2D eigenvalue weighted by molar-refractivity contribution is -0.121. The zero-order valence-electron chi connectivity index (χ0n) is 19.6. The van der Waals surface area contributed by atoms with Gasteiger partial charge in [-0.1, -0.05) is 41.4 Å². The number of carbonyl (C=O) groups excluding carboxylic acids is 1. The Balaban J connectivity index is 1.79. The van der Waals surface area contributed by atoms with Crippen LogP contribution in [0.1, 0.15) is 16.7 Å². The minimum Gasteiger partial charge on any atom is -0.497 e. The normalized spacial score (nSPS) is 11.6. The molecular weight excluding hydrogens is 490 g/mol. The maximum absolute atomic E-state index is 13.3. The van der Waals surface area contributed by atoms with E-state index in [1.54, 1.807) is 25.3 Å². The van der Waals surface area contributed by atoms with Crippen LogP contribution in [0.2, 0.25) is 5.02 Å². The van der Waals surface area contributed by atoms with E-state index in [-0.39, 0.29) is 11.4 Å². The quantitative estimate of drug-likeness (QED) is 0.325. The number of hydrogen-bond donors (Lipinski definition) is 1. The van der Waals surface area contributed by atoms with Gasteiger partial charge in [-0.15, -0.1) is 0 Å². The molecule has 0 saturated heterocycles. The number of nitrogens with zero attached hydrogens (tertiary/aromatic N) is 2. The van der Waals surface area contributed by atoms with Gasteiger partial charge in [-0.3, -0.25) is 4.79 Å². The SMILES string of the molecule is COc1ccc(/C=N\NC(=O)CN(Cc2ccc(C)cc2)S(=O)(=O)c2ccc(Cl)cc2)c(OC)c1. The van der Waals surface area contributed by atoms with E-state index in [2.05, 4.69) is 10.5 Å². The van der Waals surface area contributed by atoms with Crippen LogP contribution >= 0.6 is 11.6 Å². The van der Waals surface area contributed by atoms with E-state index in [0.29, 0.717) is 22.1 Å². The topological polar surface area (TPSA) is 97.3 Å². The van der Waals surface area contributed by atoms with Gasteiger partial charge < -0.3 is 9.47 Å². The summed E-state index contributed by atoms with van der Waals surface area (Å²) in [4.78, 5) is 12.7. The number of aryl methyl sites for hydroxylation is 1. The third kappa shape index (κ3) is 7.05. The second kappa shape index (κ2) is 11.8. The van der Waals surface area contributed by atoms with Crippen LogP contribution in [-0.4, -0.2) is 45.6 Å². The molecule has 10 heteroatoms. The predicted octanol–water partition coefficient (Wildman–Crippen LogP) is 4.01. The van der Waals surface area contributed by atoms with Crippen LogP contribution in [0.5, 0.6) is 11.5 Å². The van der Waals surface area contributed by atoms with Gasteiger partial charge in [0.05, 0.1) is 31.9 Å². The van der Waals surface area contributed by atoms with Crippen LogP contribution in [0.25, 0.3) is 0 Å². The zero-order valence-corrected chi connectivity index (χ0v) is 21.1. The second-order valence-corrected chi connectivity index (χ2v) is 9.99. The van der Waals surface area contributed by atoms with Crippen molar-refractivity contribution in [2.45, 2.75) is 18.4 Å². The molecule has 35 heavy (non-hydrogen) atoms. The summed E-state index contributed by atoms with van der Waals surface area (Å²) in [6.07, 6.45) is 1.41. The minimum absolute atomic E-state index is 0.00861. The number of ether oxygens (including phenoxy) is 2. The summed E-state index contributed by atoms with van der Waals surface area (Å²) in [5.41, 5.74) is 4.78. The molecule has 0 radical (unpaired) electrons. The molecule has 3 aromatic rings. The first-order valence-corrected chi connectivity index (χ1v) is 12.4. The summed E-state index contributed by atoms with van der Waals surface area (Å²) in [5, 5.41) is 4.37. The van der Waals surface area contributed by atoms with Gasteiger partial charge in [0.25, 0.3) is 5.91 Å². The number of methoxy groups -OCH3 is 2. The highest BCUT2D eigenvalue weighted by Crippen LogP contribution is 2.23. The first-order valence-electron chi connectivity index (χ1n) is 10.6. The average Bonchev–Trinajstić information content (AvgIpc) is 2.85. The highest BCUT2D eigenvalue weighted by Gasteiger charge is 2.27. The smallest absolute Gasteiger partial charge is 0.255 e. The van der Waals surface area contributed by atoms with E-state index in [4.69, 9.17) is 21.1 Å². The summed E-state index contributed by atoms with van der Waals surface area (Å²) in [7, 11) is -0.935. The molecule has 3 rings (SSSR count).